The maximum Gasteiger partial charge on any atom is 0.224 e. The minimum atomic E-state index is 0.135. The highest BCUT2D eigenvalue weighted by Gasteiger charge is 2.42. The van der Waals surface area contributed by atoms with Gasteiger partial charge in [0, 0.05) is 6.04 Å². The topological polar surface area (TPSA) is 38.3 Å². The summed E-state index contributed by atoms with van der Waals surface area (Å²) in [6, 6.07) is 8.04. The predicted molar refractivity (Wildman–Crippen MR) is 83.2 cm³/mol. The van der Waals surface area contributed by atoms with Crippen molar-refractivity contribution in [2.45, 2.75) is 45.1 Å². The van der Waals surface area contributed by atoms with Gasteiger partial charge in [-0.1, -0.05) is 18.6 Å². The van der Waals surface area contributed by atoms with Crippen LogP contribution in [0.5, 0.6) is 5.75 Å². The lowest BCUT2D eigenvalue weighted by Gasteiger charge is -2.28. The van der Waals surface area contributed by atoms with Gasteiger partial charge >= 0.3 is 0 Å². The van der Waals surface area contributed by atoms with Crippen LogP contribution in [0, 0.1) is 17.8 Å². The van der Waals surface area contributed by atoms with Gasteiger partial charge in [-0.05, 0) is 61.6 Å². The molecule has 3 heteroatoms. The van der Waals surface area contributed by atoms with Crippen LogP contribution in [-0.2, 0) is 11.2 Å². The predicted octanol–water partition coefficient (Wildman–Crippen LogP) is 3.18. The lowest BCUT2D eigenvalue weighted by molar-refractivity contribution is -0.121. The van der Waals surface area contributed by atoms with Crippen molar-refractivity contribution in [2.24, 2.45) is 17.8 Å². The van der Waals surface area contributed by atoms with Gasteiger partial charge in [-0.25, -0.2) is 0 Å². The molecule has 0 unspecified atom stereocenters. The van der Waals surface area contributed by atoms with Crippen molar-refractivity contribution < 1.29 is 9.53 Å². The number of methoxy groups -OCH3 is 1. The fraction of sp³-hybridized carbons (Fsp3) is 0.611. The second kappa shape index (κ2) is 6.08. The zero-order valence-electron chi connectivity index (χ0n) is 13.0. The molecule has 0 saturated heterocycles. The quantitative estimate of drug-likeness (QED) is 0.903. The molecule has 3 rings (SSSR count). The van der Waals surface area contributed by atoms with Crippen molar-refractivity contribution in [2.75, 3.05) is 7.11 Å². The van der Waals surface area contributed by atoms with E-state index in [2.05, 4.69) is 12.2 Å². The van der Waals surface area contributed by atoms with Crippen molar-refractivity contribution in [3.63, 3.8) is 0 Å². The number of hydrogen-bond donors (Lipinski definition) is 1. The molecule has 114 valence electrons. The third-order valence-electron chi connectivity index (χ3n) is 5.35. The van der Waals surface area contributed by atoms with E-state index in [4.69, 9.17) is 4.74 Å². The molecule has 21 heavy (non-hydrogen) atoms. The molecule has 3 nitrogen and oxygen atoms in total. The highest BCUT2D eigenvalue weighted by molar-refractivity contribution is 5.78. The molecule has 1 aromatic carbocycles. The molecule has 0 heterocycles. The first kappa shape index (κ1) is 14.4. The van der Waals surface area contributed by atoms with E-state index in [0.29, 0.717) is 18.4 Å². The van der Waals surface area contributed by atoms with Crippen LogP contribution in [-0.4, -0.2) is 19.1 Å². The molecule has 1 N–H and O–H groups in total. The number of rotatable bonds is 5. The van der Waals surface area contributed by atoms with Crippen LogP contribution in [0.1, 0.15) is 38.2 Å². The number of ether oxygens (including phenoxy) is 1. The Morgan fingerprint density at radius 2 is 2.05 bits per heavy atom. The average Bonchev–Trinajstić information content (AvgIpc) is 3.10. The summed E-state index contributed by atoms with van der Waals surface area (Å²) < 4.78 is 5.13. The maximum absolute atomic E-state index is 12.2. The summed E-state index contributed by atoms with van der Waals surface area (Å²) in [6.45, 7) is 2.18. The van der Waals surface area contributed by atoms with Crippen LogP contribution in [0.15, 0.2) is 24.3 Å². The number of hydrogen-bond acceptors (Lipinski definition) is 2. The Hall–Kier alpha value is -1.51. The second-order valence-electron chi connectivity index (χ2n) is 6.72. The van der Waals surface area contributed by atoms with Crippen LogP contribution in [0.2, 0.25) is 0 Å². The molecular formula is C18H25NO2. The van der Waals surface area contributed by atoms with Crippen molar-refractivity contribution >= 4 is 5.91 Å². The molecule has 0 radical (unpaired) electrons. The third-order valence-corrected chi connectivity index (χ3v) is 5.35. The molecular weight excluding hydrogens is 262 g/mol. The average molecular weight is 287 g/mol. The smallest absolute Gasteiger partial charge is 0.224 e. The fourth-order valence-electron chi connectivity index (χ4n) is 4.25. The lowest BCUT2D eigenvalue weighted by Crippen LogP contribution is -2.40. The number of carbonyl (C=O) groups is 1. The summed E-state index contributed by atoms with van der Waals surface area (Å²) >= 11 is 0. The molecule has 1 aromatic rings. The van der Waals surface area contributed by atoms with Gasteiger partial charge in [0.25, 0.3) is 0 Å². The summed E-state index contributed by atoms with van der Waals surface area (Å²) in [4.78, 5) is 12.2. The largest absolute Gasteiger partial charge is 0.497 e. The number of nitrogens with one attached hydrogen (secondary N) is 1. The van der Waals surface area contributed by atoms with Gasteiger partial charge in [0.2, 0.25) is 5.91 Å². The van der Waals surface area contributed by atoms with E-state index in [0.717, 1.165) is 23.1 Å². The highest BCUT2D eigenvalue weighted by Crippen LogP contribution is 2.49. The molecule has 0 aromatic heterocycles. The van der Waals surface area contributed by atoms with Gasteiger partial charge in [-0.3, -0.25) is 4.79 Å². The Bertz CT molecular complexity index is 496. The first-order valence-corrected chi connectivity index (χ1v) is 8.08. The Kier molecular flexibility index (Phi) is 4.18. The summed E-state index contributed by atoms with van der Waals surface area (Å²) in [6.07, 6.45) is 5.94. The number of fused-ring (bicyclic) bond motifs is 2. The molecule has 2 fully saturated rings. The highest BCUT2D eigenvalue weighted by atomic mass is 16.5. The van der Waals surface area contributed by atoms with Crippen LogP contribution in [0.4, 0.5) is 0 Å². The molecule has 4 atom stereocenters. The Morgan fingerprint density at radius 1 is 1.29 bits per heavy atom. The molecule has 2 aliphatic rings. The van der Waals surface area contributed by atoms with E-state index >= 15 is 0 Å². The van der Waals surface area contributed by atoms with E-state index in [9.17, 15) is 4.79 Å². The maximum atomic E-state index is 12.2. The molecule has 2 aliphatic carbocycles. The van der Waals surface area contributed by atoms with Crippen LogP contribution in [0.25, 0.3) is 0 Å². The van der Waals surface area contributed by atoms with Gasteiger partial charge in [0.05, 0.1) is 13.5 Å². The monoisotopic (exact) mass is 287 g/mol. The number of carbonyl (C=O) groups excluding carboxylic acids is 1. The van der Waals surface area contributed by atoms with Gasteiger partial charge in [0.15, 0.2) is 0 Å². The third kappa shape index (κ3) is 3.22. The van der Waals surface area contributed by atoms with Gasteiger partial charge in [-0.2, -0.15) is 0 Å². The summed E-state index contributed by atoms with van der Waals surface area (Å²) in [5.41, 5.74) is 1.04. The van der Waals surface area contributed by atoms with Crippen molar-refractivity contribution in [3.8, 4) is 5.75 Å². The summed E-state index contributed by atoms with van der Waals surface area (Å²) in [7, 11) is 1.65. The van der Waals surface area contributed by atoms with Crippen molar-refractivity contribution in [1.82, 2.24) is 5.32 Å². The lowest BCUT2D eigenvalue weighted by atomic mass is 9.84. The standard InChI is InChI=1S/C18H25NO2/c1-12(17-10-14-3-6-15(17)9-14)19-18(20)11-13-4-7-16(21-2)8-5-13/h4-5,7-8,12,14-15,17H,3,6,9-11H2,1-2H3,(H,19,20)/t12-,14+,15+,17-/m1/s1. The Labute approximate surface area is 127 Å². The van der Waals surface area contributed by atoms with Gasteiger partial charge in [-0.15, -0.1) is 0 Å². The van der Waals surface area contributed by atoms with Gasteiger partial charge < -0.3 is 10.1 Å². The zero-order valence-corrected chi connectivity index (χ0v) is 13.0. The van der Waals surface area contributed by atoms with Crippen LogP contribution in [0.3, 0.4) is 0 Å². The summed E-state index contributed by atoms with van der Waals surface area (Å²) in [5.74, 6) is 3.45. The fourth-order valence-corrected chi connectivity index (χ4v) is 4.25. The Balaban J connectivity index is 1.51. The second-order valence-corrected chi connectivity index (χ2v) is 6.72. The van der Waals surface area contributed by atoms with E-state index in [1.807, 2.05) is 24.3 Å². The van der Waals surface area contributed by atoms with Crippen LogP contribution < -0.4 is 10.1 Å². The van der Waals surface area contributed by atoms with E-state index < -0.39 is 0 Å². The molecule has 2 saturated carbocycles. The molecule has 0 aliphatic heterocycles. The number of amides is 1. The molecule has 0 spiro atoms. The minimum Gasteiger partial charge on any atom is -0.497 e. The van der Waals surface area contributed by atoms with Crippen molar-refractivity contribution in [3.05, 3.63) is 29.8 Å². The summed E-state index contributed by atoms with van der Waals surface area (Å²) in [5, 5.41) is 3.21. The molecule has 1 amide bonds. The van der Waals surface area contributed by atoms with Crippen molar-refractivity contribution in [1.29, 1.82) is 0 Å². The van der Waals surface area contributed by atoms with E-state index in [-0.39, 0.29) is 5.91 Å². The minimum absolute atomic E-state index is 0.135. The SMILES string of the molecule is COc1ccc(CC(=O)N[C@H](C)[C@H]2C[C@H]3CC[C@H]2C3)cc1. The Morgan fingerprint density at radius 3 is 2.62 bits per heavy atom. The number of benzene rings is 1. The zero-order chi connectivity index (χ0) is 14.8. The van der Waals surface area contributed by atoms with E-state index in [1.54, 1.807) is 7.11 Å². The molecule has 2 bridgehead atoms. The first-order valence-electron chi connectivity index (χ1n) is 8.08. The normalized spacial score (nSPS) is 28.4. The van der Waals surface area contributed by atoms with Gasteiger partial charge in [0.1, 0.15) is 5.75 Å². The first-order chi connectivity index (χ1) is 10.2. The van der Waals surface area contributed by atoms with Crippen LogP contribution >= 0.6 is 0 Å². The van der Waals surface area contributed by atoms with E-state index in [1.165, 1.54) is 25.7 Å².